The minimum Gasteiger partial charge on any atom is -0.420 e. The summed E-state index contributed by atoms with van der Waals surface area (Å²) in [5.41, 5.74) is 0. The first-order chi connectivity index (χ1) is 5.13. The third-order valence-corrected chi connectivity index (χ3v) is 7.18. The van der Waals surface area contributed by atoms with Gasteiger partial charge < -0.3 is 4.43 Å². The summed E-state index contributed by atoms with van der Waals surface area (Å²) in [5, 5.41) is 0.0997. The van der Waals surface area contributed by atoms with Crippen molar-refractivity contribution in [1.82, 2.24) is 0 Å². The highest BCUT2D eigenvalue weighted by molar-refractivity contribution is 7.07. The second-order valence-electron chi connectivity index (χ2n) is 2.82. The molecule has 0 rings (SSSR count). The predicted molar refractivity (Wildman–Crippen MR) is 57.7 cm³/mol. The largest absolute Gasteiger partial charge is 0.420 e. The smallest absolute Gasteiger partial charge is 0.170 e. The second kappa shape index (κ2) is 5.35. The van der Waals surface area contributed by atoms with Crippen LogP contribution >= 0.6 is 11.1 Å². The van der Waals surface area contributed by atoms with Gasteiger partial charge >= 0.3 is 0 Å². The molecule has 0 aliphatic rings. The van der Waals surface area contributed by atoms with E-state index < -0.39 is 8.11 Å². The van der Waals surface area contributed by atoms with Crippen LogP contribution in [0.1, 0.15) is 26.7 Å². The molecule has 0 N–H and O–H groups in total. The Labute approximate surface area is 78.7 Å². The molecule has 0 heterocycles. The van der Waals surface area contributed by atoms with Gasteiger partial charge in [0.1, 0.15) is 0 Å². The Hall–Kier alpha value is 0.684. The summed E-state index contributed by atoms with van der Waals surface area (Å²) in [6.07, 6.45) is 2.17. The van der Waals surface area contributed by atoms with Crippen molar-refractivity contribution in [1.29, 1.82) is 0 Å². The molecule has 4 heteroatoms. The zero-order valence-corrected chi connectivity index (χ0v) is 11.3. The van der Waals surface area contributed by atoms with E-state index in [-0.39, 0.29) is 15.0 Å². The molecule has 1 unspecified atom stereocenters. The molecule has 0 saturated carbocycles. The number of halogens is 1. The monoisotopic (exact) mass is 210 g/mol. The highest BCUT2D eigenvalue weighted by atomic mass is 35.6. The molecule has 0 aliphatic heterocycles. The normalized spacial score (nSPS) is 16.1. The molecule has 0 bridgehead atoms. The lowest BCUT2D eigenvalue weighted by Gasteiger charge is -2.33. The van der Waals surface area contributed by atoms with Gasteiger partial charge in [-0.1, -0.05) is 26.9 Å². The van der Waals surface area contributed by atoms with E-state index in [2.05, 4.69) is 26.9 Å². The molecule has 1 nitrogen and oxygen atoms in total. The first-order valence-corrected chi connectivity index (χ1v) is 9.87. The van der Waals surface area contributed by atoms with Crippen LogP contribution in [0.5, 0.6) is 0 Å². The molecule has 0 aromatic carbocycles. The van der Waals surface area contributed by atoms with Crippen molar-refractivity contribution < 1.29 is 4.43 Å². The summed E-state index contributed by atoms with van der Waals surface area (Å²) in [7, 11) is -1.46. The van der Waals surface area contributed by atoms with Crippen LogP contribution in [0.2, 0.25) is 13.1 Å². The van der Waals surface area contributed by atoms with E-state index in [4.69, 9.17) is 15.5 Å². The SMILES string of the molecule is CCC(CC)(O[SiH2]C)[SiH](C)Cl. The first-order valence-electron chi connectivity index (χ1n) is 4.41. The van der Waals surface area contributed by atoms with Crippen LogP contribution in [0.3, 0.4) is 0 Å². The molecule has 0 amide bonds. The maximum absolute atomic E-state index is 6.22. The van der Waals surface area contributed by atoms with Gasteiger partial charge in [-0.05, 0) is 12.8 Å². The van der Waals surface area contributed by atoms with Crippen molar-refractivity contribution in [2.24, 2.45) is 0 Å². The van der Waals surface area contributed by atoms with Gasteiger partial charge in [-0.25, -0.2) is 0 Å². The zero-order valence-electron chi connectivity index (χ0n) is 7.98. The molecule has 11 heavy (non-hydrogen) atoms. The van der Waals surface area contributed by atoms with Gasteiger partial charge in [-0.15, -0.1) is 0 Å². The van der Waals surface area contributed by atoms with Gasteiger partial charge in [0, 0.05) is 0 Å². The van der Waals surface area contributed by atoms with Gasteiger partial charge in [0.15, 0.2) is 17.9 Å². The number of rotatable bonds is 5. The lowest BCUT2D eigenvalue weighted by Crippen LogP contribution is -2.43. The standard InChI is InChI=1S/C7H19ClOSi2/c1-5-7(6-2,9-10-3)11(4)8/h11H,5-6,10H2,1-4H3. The van der Waals surface area contributed by atoms with Crippen LogP contribution in [0, 0.1) is 0 Å². The van der Waals surface area contributed by atoms with Gasteiger partial charge in [-0.2, -0.15) is 11.1 Å². The molecule has 0 aliphatic carbocycles. The van der Waals surface area contributed by atoms with E-state index in [9.17, 15) is 0 Å². The fraction of sp³-hybridized carbons (Fsp3) is 1.00. The van der Waals surface area contributed by atoms with Crippen LogP contribution in [-0.2, 0) is 4.43 Å². The van der Waals surface area contributed by atoms with E-state index in [0.717, 1.165) is 12.8 Å². The lowest BCUT2D eigenvalue weighted by molar-refractivity contribution is 0.151. The highest BCUT2D eigenvalue weighted by Gasteiger charge is 2.32. The molecule has 0 radical (unpaired) electrons. The first kappa shape index (κ1) is 11.7. The quantitative estimate of drug-likeness (QED) is 0.497. The van der Waals surface area contributed by atoms with Crippen molar-refractivity contribution in [2.75, 3.05) is 0 Å². The maximum atomic E-state index is 6.22. The van der Waals surface area contributed by atoms with Crippen molar-refractivity contribution >= 4 is 28.9 Å². The van der Waals surface area contributed by atoms with Crippen LogP contribution in [-0.4, -0.2) is 23.1 Å². The van der Waals surface area contributed by atoms with Crippen molar-refractivity contribution in [3.8, 4) is 0 Å². The van der Waals surface area contributed by atoms with Crippen LogP contribution in [0.25, 0.3) is 0 Å². The third kappa shape index (κ3) is 2.89. The van der Waals surface area contributed by atoms with E-state index in [1.165, 1.54) is 0 Å². The van der Waals surface area contributed by atoms with E-state index in [0.29, 0.717) is 0 Å². The molecule has 68 valence electrons. The van der Waals surface area contributed by atoms with Crippen LogP contribution in [0.15, 0.2) is 0 Å². The minimum absolute atomic E-state index is 0.0997. The topological polar surface area (TPSA) is 9.23 Å². The summed E-state index contributed by atoms with van der Waals surface area (Å²) < 4.78 is 5.86. The van der Waals surface area contributed by atoms with Crippen molar-refractivity contribution in [2.45, 2.75) is 45.0 Å². The Morgan fingerprint density at radius 1 is 1.45 bits per heavy atom. The van der Waals surface area contributed by atoms with Crippen molar-refractivity contribution in [3.05, 3.63) is 0 Å². The Balaban J connectivity index is 4.20. The number of hydrogen-bond acceptors (Lipinski definition) is 1. The average molecular weight is 211 g/mol. The predicted octanol–water partition coefficient (Wildman–Crippen LogP) is 1.83. The summed E-state index contributed by atoms with van der Waals surface area (Å²) >= 11 is 6.22. The molecule has 0 spiro atoms. The summed E-state index contributed by atoms with van der Waals surface area (Å²) in [4.78, 5) is 0. The van der Waals surface area contributed by atoms with Gasteiger partial charge in [0.25, 0.3) is 0 Å². The fourth-order valence-electron chi connectivity index (χ4n) is 1.42. The van der Waals surface area contributed by atoms with Gasteiger partial charge in [-0.3, -0.25) is 0 Å². The molecule has 1 atom stereocenters. The van der Waals surface area contributed by atoms with Crippen LogP contribution < -0.4 is 0 Å². The Kier molecular flexibility index (Phi) is 5.68. The lowest BCUT2D eigenvalue weighted by atomic mass is 10.2. The highest BCUT2D eigenvalue weighted by Crippen LogP contribution is 2.25. The minimum atomic E-state index is -1.15. The third-order valence-electron chi connectivity index (χ3n) is 2.35. The average Bonchev–Trinajstić information content (AvgIpc) is 2.00. The fourth-order valence-corrected chi connectivity index (χ4v) is 6.44. The Morgan fingerprint density at radius 2 is 1.91 bits per heavy atom. The molecule has 0 aromatic rings. The van der Waals surface area contributed by atoms with Crippen molar-refractivity contribution in [3.63, 3.8) is 0 Å². The molecule has 0 saturated heterocycles. The van der Waals surface area contributed by atoms with E-state index in [1.54, 1.807) is 0 Å². The summed E-state index contributed by atoms with van der Waals surface area (Å²) in [6.45, 7) is 8.70. The van der Waals surface area contributed by atoms with E-state index in [1.807, 2.05) is 0 Å². The second-order valence-corrected chi connectivity index (χ2v) is 7.94. The number of hydrogen-bond donors (Lipinski definition) is 0. The van der Waals surface area contributed by atoms with E-state index >= 15 is 0 Å². The molecular formula is C7H19ClOSi2. The van der Waals surface area contributed by atoms with Gasteiger partial charge in [0.2, 0.25) is 0 Å². The Morgan fingerprint density at radius 3 is 2.00 bits per heavy atom. The van der Waals surface area contributed by atoms with Gasteiger partial charge in [0.05, 0.1) is 5.22 Å². The molecule has 0 aromatic heterocycles. The summed E-state index contributed by atoms with van der Waals surface area (Å²) in [5.74, 6) is 0. The molecule has 0 fully saturated rings. The zero-order chi connectivity index (χ0) is 8.91. The van der Waals surface area contributed by atoms with Crippen LogP contribution in [0.4, 0.5) is 0 Å². The summed E-state index contributed by atoms with van der Waals surface area (Å²) in [6, 6.07) is 0. The maximum Gasteiger partial charge on any atom is 0.170 e. The molecular weight excluding hydrogens is 192 g/mol. The Bertz CT molecular complexity index is 105.